The third kappa shape index (κ3) is 2.42. The molecule has 0 bridgehead atoms. The second-order valence-corrected chi connectivity index (χ2v) is 5.66. The second kappa shape index (κ2) is 4.86. The minimum atomic E-state index is 0.259. The highest BCUT2D eigenvalue weighted by Gasteiger charge is 2.18. The smallest absolute Gasteiger partial charge is 0.172 e. The van der Waals surface area contributed by atoms with Gasteiger partial charge in [-0.15, -0.1) is 0 Å². The topological polar surface area (TPSA) is 52.0 Å². The zero-order valence-electron chi connectivity index (χ0n) is 9.50. The third-order valence-corrected chi connectivity index (χ3v) is 4.09. The molecule has 0 amide bonds. The molecule has 0 unspecified atom stereocenters. The lowest BCUT2D eigenvalue weighted by Gasteiger charge is -2.06. The Bertz CT molecular complexity index is 551. The maximum absolute atomic E-state index is 6.10. The van der Waals surface area contributed by atoms with Crippen LogP contribution in [-0.4, -0.2) is 5.16 Å². The first-order valence-corrected chi connectivity index (χ1v) is 6.67. The summed E-state index contributed by atoms with van der Waals surface area (Å²) in [6, 6.07) is 5.77. The van der Waals surface area contributed by atoms with Gasteiger partial charge in [-0.05, 0) is 46.7 Å². The molecule has 2 rings (SSSR count). The predicted molar refractivity (Wildman–Crippen MR) is 78.2 cm³/mol. The summed E-state index contributed by atoms with van der Waals surface area (Å²) in [5, 5.41) is 4.53. The monoisotopic (exact) mass is 362 g/mol. The first kappa shape index (κ1) is 12.7. The van der Waals surface area contributed by atoms with E-state index in [0.29, 0.717) is 16.6 Å². The van der Waals surface area contributed by atoms with Gasteiger partial charge in [-0.25, -0.2) is 0 Å². The molecule has 3 nitrogen and oxygen atoms in total. The number of hydrogen-bond donors (Lipinski definition) is 1. The summed E-state index contributed by atoms with van der Waals surface area (Å²) >= 11 is 8.29. The number of anilines is 1. The highest BCUT2D eigenvalue weighted by molar-refractivity contribution is 14.1. The minimum absolute atomic E-state index is 0.259. The van der Waals surface area contributed by atoms with Crippen LogP contribution in [0.15, 0.2) is 22.7 Å². The molecule has 17 heavy (non-hydrogen) atoms. The SMILES string of the molecule is CC(C)c1c(N)noc1-c1ccc(I)c(Cl)c1. The van der Waals surface area contributed by atoms with Crippen molar-refractivity contribution in [2.75, 3.05) is 5.73 Å². The van der Waals surface area contributed by atoms with E-state index in [-0.39, 0.29) is 5.92 Å². The van der Waals surface area contributed by atoms with Crippen LogP contribution in [0.5, 0.6) is 0 Å². The lowest BCUT2D eigenvalue weighted by atomic mass is 9.99. The zero-order chi connectivity index (χ0) is 12.6. The number of benzene rings is 1. The van der Waals surface area contributed by atoms with E-state index in [1.54, 1.807) is 0 Å². The average Bonchev–Trinajstić information content (AvgIpc) is 2.64. The number of halogens is 2. The van der Waals surface area contributed by atoms with Gasteiger partial charge in [-0.2, -0.15) is 0 Å². The van der Waals surface area contributed by atoms with Crippen LogP contribution in [0.1, 0.15) is 25.3 Å². The summed E-state index contributed by atoms with van der Waals surface area (Å²) in [6.45, 7) is 4.11. The maximum atomic E-state index is 6.10. The summed E-state index contributed by atoms with van der Waals surface area (Å²) in [7, 11) is 0. The van der Waals surface area contributed by atoms with Crippen LogP contribution in [-0.2, 0) is 0 Å². The normalized spacial score (nSPS) is 11.1. The van der Waals surface area contributed by atoms with Crippen LogP contribution in [0.4, 0.5) is 5.82 Å². The Balaban J connectivity index is 2.56. The van der Waals surface area contributed by atoms with Crippen molar-refractivity contribution in [3.05, 3.63) is 32.4 Å². The Morgan fingerprint density at radius 3 is 2.71 bits per heavy atom. The lowest BCUT2D eigenvalue weighted by molar-refractivity contribution is 0.434. The van der Waals surface area contributed by atoms with Crippen LogP contribution in [0, 0.1) is 3.57 Å². The van der Waals surface area contributed by atoms with E-state index in [0.717, 1.165) is 14.7 Å². The first-order valence-electron chi connectivity index (χ1n) is 5.21. The molecule has 2 N–H and O–H groups in total. The first-order chi connectivity index (χ1) is 8.00. The fourth-order valence-corrected chi connectivity index (χ4v) is 2.23. The standard InChI is InChI=1S/C12H12ClIN2O/c1-6(2)10-11(17-16-12(10)15)7-3-4-9(14)8(13)5-7/h3-6H,1-2H3,(H2,15,16). The van der Waals surface area contributed by atoms with Gasteiger partial charge in [0.25, 0.3) is 0 Å². The molecule has 1 aromatic carbocycles. The molecule has 2 aromatic rings. The number of aromatic nitrogens is 1. The molecule has 90 valence electrons. The predicted octanol–water partition coefficient (Wildman–Crippen LogP) is 4.31. The Morgan fingerprint density at radius 1 is 1.41 bits per heavy atom. The fourth-order valence-electron chi connectivity index (χ4n) is 1.71. The minimum Gasteiger partial charge on any atom is -0.381 e. The van der Waals surface area contributed by atoms with Gasteiger partial charge in [-0.1, -0.05) is 30.6 Å². The number of nitrogens with two attached hydrogens (primary N) is 1. The van der Waals surface area contributed by atoms with Gasteiger partial charge in [0.1, 0.15) is 0 Å². The molecule has 0 aliphatic heterocycles. The summed E-state index contributed by atoms with van der Waals surface area (Å²) in [6.07, 6.45) is 0. The summed E-state index contributed by atoms with van der Waals surface area (Å²) in [5.41, 5.74) is 7.65. The fraction of sp³-hybridized carbons (Fsp3) is 0.250. The Labute approximate surface area is 118 Å². The molecular weight excluding hydrogens is 351 g/mol. The molecule has 0 aliphatic carbocycles. The van der Waals surface area contributed by atoms with E-state index in [2.05, 4.69) is 41.6 Å². The summed E-state index contributed by atoms with van der Waals surface area (Å²) in [5.74, 6) is 1.41. The van der Waals surface area contributed by atoms with Gasteiger partial charge in [0.2, 0.25) is 0 Å². The Kier molecular flexibility index (Phi) is 3.63. The molecule has 1 heterocycles. The molecule has 0 aliphatic rings. The van der Waals surface area contributed by atoms with Gasteiger partial charge in [0.05, 0.1) is 5.02 Å². The number of nitrogens with zero attached hydrogens (tertiary/aromatic N) is 1. The Morgan fingerprint density at radius 2 is 2.12 bits per heavy atom. The van der Waals surface area contributed by atoms with E-state index in [1.807, 2.05) is 18.2 Å². The Hall–Kier alpha value is -0.750. The van der Waals surface area contributed by atoms with Crippen molar-refractivity contribution in [2.45, 2.75) is 19.8 Å². The van der Waals surface area contributed by atoms with E-state index >= 15 is 0 Å². The van der Waals surface area contributed by atoms with Gasteiger partial charge in [-0.3, -0.25) is 0 Å². The van der Waals surface area contributed by atoms with Gasteiger partial charge in [0, 0.05) is 14.7 Å². The van der Waals surface area contributed by atoms with Crippen LogP contribution in [0.25, 0.3) is 11.3 Å². The quantitative estimate of drug-likeness (QED) is 0.810. The van der Waals surface area contributed by atoms with Gasteiger partial charge >= 0.3 is 0 Å². The molecule has 5 heteroatoms. The van der Waals surface area contributed by atoms with Crippen molar-refractivity contribution in [2.24, 2.45) is 0 Å². The van der Waals surface area contributed by atoms with Crippen molar-refractivity contribution < 1.29 is 4.52 Å². The van der Waals surface area contributed by atoms with E-state index in [9.17, 15) is 0 Å². The summed E-state index contributed by atoms with van der Waals surface area (Å²) in [4.78, 5) is 0. The highest BCUT2D eigenvalue weighted by Crippen LogP contribution is 2.35. The molecule has 0 fully saturated rings. The largest absolute Gasteiger partial charge is 0.381 e. The van der Waals surface area contributed by atoms with Crippen LogP contribution < -0.4 is 5.73 Å². The number of nitrogen functional groups attached to an aromatic ring is 1. The maximum Gasteiger partial charge on any atom is 0.172 e. The molecule has 0 saturated carbocycles. The molecule has 0 spiro atoms. The molecule has 0 radical (unpaired) electrons. The number of hydrogen-bond acceptors (Lipinski definition) is 3. The molecular formula is C12H12ClIN2O. The zero-order valence-corrected chi connectivity index (χ0v) is 12.4. The highest BCUT2D eigenvalue weighted by atomic mass is 127. The van der Waals surface area contributed by atoms with Crippen molar-refractivity contribution >= 4 is 40.0 Å². The van der Waals surface area contributed by atoms with E-state index in [1.165, 1.54) is 0 Å². The van der Waals surface area contributed by atoms with Crippen molar-refractivity contribution in [1.82, 2.24) is 5.16 Å². The van der Waals surface area contributed by atoms with Crippen LogP contribution in [0.3, 0.4) is 0 Å². The van der Waals surface area contributed by atoms with Crippen molar-refractivity contribution in [1.29, 1.82) is 0 Å². The van der Waals surface area contributed by atoms with Gasteiger partial charge in [0.15, 0.2) is 11.6 Å². The molecule has 1 aromatic heterocycles. The third-order valence-electron chi connectivity index (χ3n) is 2.51. The molecule has 0 atom stereocenters. The van der Waals surface area contributed by atoms with Crippen molar-refractivity contribution in [3.63, 3.8) is 0 Å². The average molecular weight is 363 g/mol. The second-order valence-electron chi connectivity index (χ2n) is 4.09. The van der Waals surface area contributed by atoms with Crippen molar-refractivity contribution in [3.8, 4) is 11.3 Å². The van der Waals surface area contributed by atoms with Gasteiger partial charge < -0.3 is 10.3 Å². The number of rotatable bonds is 2. The summed E-state index contributed by atoms with van der Waals surface area (Å²) < 4.78 is 6.31. The van der Waals surface area contributed by atoms with E-state index in [4.69, 9.17) is 21.9 Å². The molecule has 0 saturated heterocycles. The van der Waals surface area contributed by atoms with Crippen LogP contribution in [0.2, 0.25) is 5.02 Å². The van der Waals surface area contributed by atoms with Crippen LogP contribution >= 0.6 is 34.2 Å². The lowest BCUT2D eigenvalue weighted by Crippen LogP contribution is -1.95. The van der Waals surface area contributed by atoms with E-state index < -0.39 is 0 Å².